The van der Waals surface area contributed by atoms with Gasteiger partial charge in [0.15, 0.2) is 0 Å². The number of nitrogens with zero attached hydrogens (tertiary/aromatic N) is 2. The third-order valence-corrected chi connectivity index (χ3v) is 3.70. The van der Waals surface area contributed by atoms with E-state index in [-0.39, 0.29) is 5.50 Å². The zero-order valence-corrected chi connectivity index (χ0v) is 11.6. The maximum Gasteiger partial charge on any atom is 0.136 e. The number of hydrogen-bond acceptors (Lipinski definition) is 3. The molecule has 1 aliphatic carbocycles. The van der Waals surface area contributed by atoms with Crippen LogP contribution in [-0.4, -0.2) is 11.2 Å². The normalized spacial score (nSPS) is 24.9. The lowest BCUT2D eigenvalue weighted by Crippen LogP contribution is -2.26. The van der Waals surface area contributed by atoms with E-state index >= 15 is 0 Å². The molecule has 0 amide bonds. The highest BCUT2D eigenvalue weighted by Gasteiger charge is 2.27. The Morgan fingerprint density at radius 1 is 1.50 bits per heavy atom. The molecule has 0 bridgehead atoms. The van der Waals surface area contributed by atoms with Gasteiger partial charge in [-0.15, -0.1) is 0 Å². The average molecular weight is 303 g/mol. The molecule has 1 aliphatic heterocycles. The van der Waals surface area contributed by atoms with Crippen LogP contribution in [0.3, 0.4) is 0 Å². The molecular formula is C12H10Cl3N3. The fraction of sp³-hybridized carbons (Fsp3) is 0.333. The maximum absolute atomic E-state index is 9.33. The van der Waals surface area contributed by atoms with E-state index in [1.54, 1.807) is 12.2 Å². The molecule has 0 aromatic carbocycles. The van der Waals surface area contributed by atoms with Crippen molar-refractivity contribution in [1.29, 1.82) is 5.26 Å². The fourth-order valence-electron chi connectivity index (χ4n) is 1.83. The van der Waals surface area contributed by atoms with Crippen LogP contribution < -0.4 is 5.43 Å². The molecule has 0 saturated heterocycles. The van der Waals surface area contributed by atoms with E-state index in [0.717, 1.165) is 6.42 Å². The van der Waals surface area contributed by atoms with Gasteiger partial charge in [-0.05, 0) is 25.0 Å². The zero-order chi connectivity index (χ0) is 13.1. The molecule has 94 valence electrons. The Balaban J connectivity index is 2.33. The van der Waals surface area contributed by atoms with Crippen molar-refractivity contribution in [1.82, 2.24) is 5.43 Å². The lowest BCUT2D eigenvalue weighted by Gasteiger charge is -2.21. The first kappa shape index (κ1) is 13.5. The topological polar surface area (TPSA) is 48.2 Å². The van der Waals surface area contributed by atoms with Crippen molar-refractivity contribution in [3.63, 3.8) is 0 Å². The van der Waals surface area contributed by atoms with Crippen molar-refractivity contribution in [3.05, 3.63) is 33.9 Å². The summed E-state index contributed by atoms with van der Waals surface area (Å²) in [6.45, 7) is 0. The van der Waals surface area contributed by atoms with E-state index in [0.29, 0.717) is 27.8 Å². The van der Waals surface area contributed by atoms with Crippen LogP contribution in [0, 0.1) is 17.2 Å². The molecule has 3 nitrogen and oxygen atoms in total. The Kier molecular flexibility index (Phi) is 4.34. The molecule has 0 aromatic rings. The summed E-state index contributed by atoms with van der Waals surface area (Å²) in [5.41, 5.74) is 3.56. The number of halogens is 3. The van der Waals surface area contributed by atoms with E-state index in [1.165, 1.54) is 0 Å². The van der Waals surface area contributed by atoms with Crippen molar-refractivity contribution in [2.45, 2.75) is 18.3 Å². The lowest BCUT2D eigenvalue weighted by molar-refractivity contribution is 0.754. The van der Waals surface area contributed by atoms with Crippen LogP contribution in [0.5, 0.6) is 0 Å². The number of hydrogen-bond donors (Lipinski definition) is 1. The summed E-state index contributed by atoms with van der Waals surface area (Å²) in [7, 11) is 0. The first-order valence-corrected chi connectivity index (χ1v) is 6.62. The van der Waals surface area contributed by atoms with Crippen LogP contribution in [0.2, 0.25) is 0 Å². The van der Waals surface area contributed by atoms with Gasteiger partial charge in [-0.3, -0.25) is 5.43 Å². The number of allylic oxidation sites excluding steroid dienone is 5. The summed E-state index contributed by atoms with van der Waals surface area (Å²) in [4.78, 5) is 0. The van der Waals surface area contributed by atoms with Crippen molar-refractivity contribution >= 4 is 40.5 Å². The first-order valence-electron chi connectivity index (χ1n) is 5.43. The summed E-state index contributed by atoms with van der Waals surface area (Å²) in [5, 5.41) is 14.6. The number of rotatable bonds is 2. The van der Waals surface area contributed by atoms with Gasteiger partial charge in [0.1, 0.15) is 11.4 Å². The Hall–Kier alpha value is -0.950. The molecule has 2 aliphatic rings. The second kappa shape index (κ2) is 5.79. The molecule has 0 fully saturated rings. The molecule has 2 rings (SSSR count). The quantitative estimate of drug-likeness (QED) is 0.625. The fourth-order valence-corrected chi connectivity index (χ4v) is 2.66. The molecule has 2 atom stereocenters. The minimum Gasteiger partial charge on any atom is -0.288 e. The highest BCUT2D eigenvalue weighted by Crippen LogP contribution is 2.36. The monoisotopic (exact) mass is 301 g/mol. The van der Waals surface area contributed by atoms with Gasteiger partial charge in [0, 0.05) is 15.6 Å². The molecule has 0 aromatic heterocycles. The van der Waals surface area contributed by atoms with Gasteiger partial charge >= 0.3 is 0 Å². The summed E-state index contributed by atoms with van der Waals surface area (Å²) < 4.78 is 0. The Morgan fingerprint density at radius 2 is 2.28 bits per heavy atom. The van der Waals surface area contributed by atoms with Crippen LogP contribution in [0.25, 0.3) is 0 Å². The minimum atomic E-state index is -0.575. The standard InChI is InChI=1S/C12H10Cl3N3/c13-8-2-1-3-9(14)12(8)7(6-16)10-4-5-11(15)18-17-10/h2,4-5,7,11,18H,1,3H2. The SMILES string of the molecule is N#CC(C1=NNC(Cl)C=C1)C1=C(Cl)CCC=C1Cl. The Labute approximate surface area is 120 Å². The zero-order valence-electron chi connectivity index (χ0n) is 9.33. The van der Waals surface area contributed by atoms with Crippen molar-refractivity contribution in [3.8, 4) is 6.07 Å². The summed E-state index contributed by atoms with van der Waals surface area (Å²) >= 11 is 18.1. The molecule has 6 heteroatoms. The molecule has 0 spiro atoms. The van der Waals surface area contributed by atoms with Gasteiger partial charge in [-0.25, -0.2) is 0 Å². The lowest BCUT2D eigenvalue weighted by atomic mass is 9.90. The summed E-state index contributed by atoms with van der Waals surface area (Å²) in [5.74, 6) is -0.575. The number of alkyl halides is 1. The third kappa shape index (κ3) is 2.72. The highest BCUT2D eigenvalue weighted by atomic mass is 35.5. The van der Waals surface area contributed by atoms with Crippen LogP contribution >= 0.6 is 34.8 Å². The van der Waals surface area contributed by atoms with Crippen LogP contribution in [-0.2, 0) is 0 Å². The van der Waals surface area contributed by atoms with Crippen LogP contribution in [0.4, 0.5) is 0 Å². The van der Waals surface area contributed by atoms with Gasteiger partial charge in [0.05, 0.1) is 11.8 Å². The second-order valence-electron chi connectivity index (χ2n) is 3.90. The second-order valence-corrected chi connectivity index (χ2v) is 5.23. The predicted octanol–water partition coefficient (Wildman–Crippen LogP) is 3.62. The predicted molar refractivity (Wildman–Crippen MR) is 74.5 cm³/mol. The Bertz CT molecular complexity index is 511. The van der Waals surface area contributed by atoms with Gasteiger partial charge in [0.25, 0.3) is 0 Å². The van der Waals surface area contributed by atoms with Crippen molar-refractivity contribution < 1.29 is 0 Å². The minimum absolute atomic E-state index is 0.352. The van der Waals surface area contributed by atoms with E-state index in [1.807, 2.05) is 6.08 Å². The smallest absolute Gasteiger partial charge is 0.136 e. The molecule has 18 heavy (non-hydrogen) atoms. The number of nitrogens with one attached hydrogen (secondary N) is 1. The van der Waals surface area contributed by atoms with Gasteiger partial charge in [-0.2, -0.15) is 10.4 Å². The van der Waals surface area contributed by atoms with Crippen molar-refractivity contribution in [2.75, 3.05) is 0 Å². The van der Waals surface area contributed by atoms with Gasteiger partial charge in [0.2, 0.25) is 0 Å². The summed E-state index contributed by atoms with van der Waals surface area (Å²) in [6.07, 6.45) is 6.82. The van der Waals surface area contributed by atoms with E-state index in [9.17, 15) is 5.26 Å². The van der Waals surface area contributed by atoms with Crippen LogP contribution in [0.15, 0.2) is 39.0 Å². The molecule has 2 unspecified atom stereocenters. The van der Waals surface area contributed by atoms with E-state index < -0.39 is 5.92 Å². The first-order chi connectivity index (χ1) is 8.63. The number of hydrazone groups is 1. The third-order valence-electron chi connectivity index (χ3n) is 2.70. The highest BCUT2D eigenvalue weighted by molar-refractivity contribution is 6.36. The molecular weight excluding hydrogens is 293 g/mol. The largest absolute Gasteiger partial charge is 0.288 e. The molecule has 0 radical (unpaired) electrons. The maximum atomic E-state index is 9.33. The molecule has 0 saturated carbocycles. The average Bonchev–Trinajstić information content (AvgIpc) is 2.35. The molecule has 1 heterocycles. The summed E-state index contributed by atoms with van der Waals surface area (Å²) in [6, 6.07) is 2.18. The van der Waals surface area contributed by atoms with Crippen LogP contribution in [0.1, 0.15) is 12.8 Å². The van der Waals surface area contributed by atoms with Gasteiger partial charge in [-0.1, -0.05) is 40.9 Å². The number of nitriles is 1. The Morgan fingerprint density at radius 3 is 2.83 bits per heavy atom. The van der Waals surface area contributed by atoms with E-state index in [2.05, 4.69) is 16.6 Å². The van der Waals surface area contributed by atoms with Gasteiger partial charge < -0.3 is 0 Å². The molecule has 1 N–H and O–H groups in total. The van der Waals surface area contributed by atoms with E-state index in [4.69, 9.17) is 34.8 Å². The van der Waals surface area contributed by atoms with Crippen molar-refractivity contribution in [2.24, 2.45) is 11.0 Å².